The minimum Gasteiger partial charge on any atom is -0.450 e. The van der Waals surface area contributed by atoms with Gasteiger partial charge in [0.15, 0.2) is 22.3 Å². The maximum atomic E-state index is 13.5. The normalized spacial score (nSPS) is 12.1. The molecule has 37 heavy (non-hydrogen) atoms. The molecule has 0 fully saturated rings. The molecule has 0 unspecified atom stereocenters. The number of nitrogens with one attached hydrogen (secondary N) is 1. The van der Waals surface area contributed by atoms with Crippen LogP contribution < -0.4 is 15.6 Å². The molecule has 0 saturated carbocycles. The molecule has 0 bridgehead atoms. The van der Waals surface area contributed by atoms with Gasteiger partial charge in [-0.05, 0) is 19.9 Å². The third-order valence-electron chi connectivity index (χ3n) is 5.55. The van der Waals surface area contributed by atoms with Crippen molar-refractivity contribution in [3.63, 3.8) is 0 Å². The van der Waals surface area contributed by atoms with Gasteiger partial charge in [-0.15, -0.1) is 0 Å². The molecule has 5 rings (SSSR count). The number of hydrogen-bond donors (Lipinski definition) is 1. The van der Waals surface area contributed by atoms with Crippen molar-refractivity contribution < 1.29 is 17.9 Å². The molecule has 15 heteroatoms. The first-order chi connectivity index (χ1) is 17.5. The SMILES string of the molecule is CC(C)n1cc(C(F)(F)F)cc(Nc2nc3ncc(Oc4cnn5ccnc(Cl)c45)c(Cl)c3n2C)c1=O. The number of alkyl halides is 3. The summed E-state index contributed by atoms with van der Waals surface area (Å²) in [5, 5.41) is 7.14. The van der Waals surface area contributed by atoms with Gasteiger partial charge in [0.2, 0.25) is 5.95 Å². The third kappa shape index (κ3) is 4.33. The molecule has 5 aromatic heterocycles. The lowest BCUT2D eigenvalue weighted by atomic mass is 10.2. The van der Waals surface area contributed by atoms with E-state index >= 15 is 0 Å². The van der Waals surface area contributed by atoms with Gasteiger partial charge in [0.25, 0.3) is 5.56 Å². The molecule has 0 amide bonds. The number of ether oxygens (including phenoxy) is 1. The minimum atomic E-state index is -4.65. The molecule has 0 atom stereocenters. The van der Waals surface area contributed by atoms with Gasteiger partial charge in [-0.1, -0.05) is 23.2 Å². The molecule has 192 valence electrons. The van der Waals surface area contributed by atoms with Crippen LogP contribution in [0.2, 0.25) is 10.2 Å². The zero-order valence-corrected chi connectivity index (χ0v) is 20.9. The van der Waals surface area contributed by atoms with Gasteiger partial charge in [0.05, 0.1) is 18.0 Å². The van der Waals surface area contributed by atoms with E-state index in [1.54, 1.807) is 27.1 Å². The number of anilines is 2. The fourth-order valence-corrected chi connectivity index (χ4v) is 4.25. The molecule has 5 aromatic rings. The van der Waals surface area contributed by atoms with Crippen LogP contribution in [-0.2, 0) is 13.2 Å². The van der Waals surface area contributed by atoms with Crippen LogP contribution in [0.4, 0.5) is 24.8 Å². The summed E-state index contributed by atoms with van der Waals surface area (Å²) in [6.07, 6.45) is 1.99. The van der Waals surface area contributed by atoms with Gasteiger partial charge < -0.3 is 19.2 Å². The predicted octanol–water partition coefficient (Wildman–Crippen LogP) is 5.62. The lowest BCUT2D eigenvalue weighted by molar-refractivity contribution is -0.138. The van der Waals surface area contributed by atoms with Crippen LogP contribution in [-0.4, -0.2) is 33.7 Å². The van der Waals surface area contributed by atoms with E-state index in [-0.39, 0.29) is 39.0 Å². The van der Waals surface area contributed by atoms with Crippen molar-refractivity contribution in [3.8, 4) is 11.5 Å². The second kappa shape index (κ2) is 8.92. The molecule has 0 aliphatic rings. The molecule has 0 aliphatic heterocycles. The Labute approximate surface area is 216 Å². The quantitative estimate of drug-likeness (QED) is 0.302. The van der Waals surface area contributed by atoms with Gasteiger partial charge in [0.1, 0.15) is 21.7 Å². The smallest absolute Gasteiger partial charge is 0.417 e. The first kappa shape index (κ1) is 24.8. The number of pyridine rings is 2. The van der Waals surface area contributed by atoms with Gasteiger partial charge >= 0.3 is 6.18 Å². The number of nitrogens with zero attached hydrogens (tertiary/aromatic N) is 7. The lowest BCUT2D eigenvalue weighted by Gasteiger charge is -2.16. The Morgan fingerprint density at radius 1 is 1.11 bits per heavy atom. The summed E-state index contributed by atoms with van der Waals surface area (Å²) >= 11 is 12.8. The molecule has 0 aliphatic carbocycles. The van der Waals surface area contributed by atoms with E-state index in [2.05, 4.69) is 25.4 Å². The molecule has 10 nitrogen and oxygen atoms in total. The van der Waals surface area contributed by atoms with Crippen LogP contribution in [0.3, 0.4) is 0 Å². The van der Waals surface area contributed by atoms with Crippen molar-refractivity contribution in [2.24, 2.45) is 7.05 Å². The van der Waals surface area contributed by atoms with E-state index in [0.29, 0.717) is 11.0 Å². The number of aryl methyl sites for hydroxylation is 1. The highest BCUT2D eigenvalue weighted by molar-refractivity contribution is 6.36. The second-order valence-corrected chi connectivity index (χ2v) is 9.03. The van der Waals surface area contributed by atoms with Crippen LogP contribution in [0.15, 0.2) is 41.8 Å². The summed E-state index contributed by atoms with van der Waals surface area (Å²) in [7, 11) is 1.57. The number of fused-ring (bicyclic) bond motifs is 2. The summed E-state index contributed by atoms with van der Waals surface area (Å²) in [6, 6.07) is 0.239. The van der Waals surface area contributed by atoms with Crippen molar-refractivity contribution >= 4 is 51.5 Å². The van der Waals surface area contributed by atoms with E-state index < -0.39 is 23.3 Å². The van der Waals surface area contributed by atoms with Crippen molar-refractivity contribution in [2.75, 3.05) is 5.32 Å². The molecule has 0 aromatic carbocycles. The summed E-state index contributed by atoms with van der Waals surface area (Å²) < 4.78 is 50.3. The van der Waals surface area contributed by atoms with Gasteiger partial charge in [-0.2, -0.15) is 23.3 Å². The Bertz CT molecular complexity index is 1730. The average Bonchev–Trinajstić information content (AvgIpc) is 3.38. The molecule has 0 spiro atoms. The first-order valence-electron chi connectivity index (χ1n) is 10.7. The zero-order chi connectivity index (χ0) is 26.6. The lowest BCUT2D eigenvalue weighted by Crippen LogP contribution is -2.26. The van der Waals surface area contributed by atoms with Crippen LogP contribution >= 0.6 is 23.2 Å². The van der Waals surface area contributed by atoms with Crippen LogP contribution in [0, 0.1) is 0 Å². The fraction of sp³-hybridized carbons (Fsp3) is 0.227. The molecular formula is C22H17Cl2F3N8O2. The average molecular weight is 553 g/mol. The van der Waals surface area contributed by atoms with E-state index in [0.717, 1.165) is 16.8 Å². The molecule has 5 heterocycles. The van der Waals surface area contributed by atoms with Crippen LogP contribution in [0.5, 0.6) is 11.5 Å². The molecule has 0 saturated heterocycles. The maximum absolute atomic E-state index is 13.5. The Hall–Kier alpha value is -3.84. The topological polar surface area (TPSA) is 104 Å². The Morgan fingerprint density at radius 2 is 1.86 bits per heavy atom. The van der Waals surface area contributed by atoms with Gasteiger partial charge in [-0.3, -0.25) is 4.79 Å². The largest absolute Gasteiger partial charge is 0.450 e. The number of halogens is 5. The monoisotopic (exact) mass is 552 g/mol. The summed E-state index contributed by atoms with van der Waals surface area (Å²) in [4.78, 5) is 25.4. The Balaban J connectivity index is 1.56. The van der Waals surface area contributed by atoms with Crippen LogP contribution in [0.1, 0.15) is 25.5 Å². The highest BCUT2D eigenvalue weighted by Gasteiger charge is 2.33. The molecular weight excluding hydrogens is 536 g/mol. The van der Waals surface area contributed by atoms with Gasteiger partial charge in [0, 0.05) is 31.7 Å². The fourth-order valence-electron chi connectivity index (χ4n) is 3.72. The second-order valence-electron chi connectivity index (χ2n) is 8.30. The maximum Gasteiger partial charge on any atom is 0.417 e. The minimum absolute atomic E-state index is 0.0523. The highest BCUT2D eigenvalue weighted by atomic mass is 35.5. The summed E-state index contributed by atoms with van der Waals surface area (Å²) in [5.41, 5.74) is -1.01. The highest BCUT2D eigenvalue weighted by Crippen LogP contribution is 2.38. The summed E-state index contributed by atoms with van der Waals surface area (Å²) in [5.74, 6) is 0.483. The standard InChI is InChI=1S/C22H17Cl2F3N8O2/c1-10(2)34-9-11(22(25,26)27)6-12(20(34)36)31-21-32-19-17(33(21)3)15(23)13(7-29-19)37-14-8-30-35-5-4-28-18(24)16(14)35/h4-10H,1-3H3,(H,29,31,32). The van der Waals surface area contributed by atoms with E-state index in [9.17, 15) is 18.0 Å². The Morgan fingerprint density at radius 3 is 2.57 bits per heavy atom. The molecule has 1 N–H and O–H groups in total. The van der Waals surface area contributed by atoms with Crippen molar-refractivity contribution in [1.82, 2.24) is 33.7 Å². The van der Waals surface area contributed by atoms with Crippen molar-refractivity contribution in [3.05, 3.63) is 63.1 Å². The number of rotatable bonds is 5. The Kier molecular flexibility index (Phi) is 5.99. The molecule has 0 radical (unpaired) electrons. The van der Waals surface area contributed by atoms with E-state index in [1.807, 2.05) is 0 Å². The zero-order valence-electron chi connectivity index (χ0n) is 19.4. The van der Waals surface area contributed by atoms with Crippen LogP contribution in [0.25, 0.3) is 16.7 Å². The number of hydrogen-bond acceptors (Lipinski definition) is 7. The van der Waals surface area contributed by atoms with Gasteiger partial charge in [-0.25, -0.2) is 14.5 Å². The van der Waals surface area contributed by atoms with E-state index in [1.165, 1.54) is 27.7 Å². The third-order valence-corrected chi connectivity index (χ3v) is 6.19. The predicted molar refractivity (Wildman–Crippen MR) is 131 cm³/mol. The van der Waals surface area contributed by atoms with E-state index in [4.69, 9.17) is 27.9 Å². The summed E-state index contributed by atoms with van der Waals surface area (Å²) in [6.45, 7) is 3.22. The van der Waals surface area contributed by atoms with Crippen molar-refractivity contribution in [2.45, 2.75) is 26.1 Å². The number of imidazole rings is 1. The number of aromatic nitrogens is 7. The first-order valence-corrected chi connectivity index (χ1v) is 11.5. The van der Waals surface area contributed by atoms with Crippen molar-refractivity contribution in [1.29, 1.82) is 0 Å².